The molecular formula is C26H26F3N7O2. The molecule has 198 valence electrons. The summed E-state index contributed by atoms with van der Waals surface area (Å²) in [5.41, 5.74) is 5.98. The second kappa shape index (κ2) is 11.4. The smallest absolute Gasteiger partial charge is 0.398 e. The number of hydrogen-bond donors (Lipinski definition) is 2. The summed E-state index contributed by atoms with van der Waals surface area (Å²) < 4.78 is 46.5. The summed E-state index contributed by atoms with van der Waals surface area (Å²) in [7, 11) is 0. The van der Waals surface area contributed by atoms with E-state index in [1.165, 1.54) is 30.6 Å². The van der Waals surface area contributed by atoms with Crippen LogP contribution in [-0.4, -0.2) is 58.3 Å². The van der Waals surface area contributed by atoms with Crippen molar-refractivity contribution in [2.24, 2.45) is 10.7 Å². The Bertz CT molecular complexity index is 1320. The van der Waals surface area contributed by atoms with Crippen LogP contribution in [0.15, 0.2) is 72.0 Å². The van der Waals surface area contributed by atoms with Gasteiger partial charge in [-0.3, -0.25) is 9.78 Å². The molecule has 12 heteroatoms. The van der Waals surface area contributed by atoms with Crippen LogP contribution >= 0.6 is 0 Å². The number of alkyl halides is 3. The zero-order chi connectivity index (χ0) is 27.3. The predicted octanol–water partition coefficient (Wildman–Crippen LogP) is 4.37. The van der Waals surface area contributed by atoms with Gasteiger partial charge in [0.1, 0.15) is 5.71 Å². The molecular weight excluding hydrogens is 499 g/mol. The van der Waals surface area contributed by atoms with Gasteiger partial charge in [0.25, 0.3) is 5.91 Å². The Balaban J connectivity index is 1.48. The Morgan fingerprint density at radius 2 is 1.84 bits per heavy atom. The quantitative estimate of drug-likeness (QED) is 0.459. The lowest BCUT2D eigenvalue weighted by molar-refractivity contribution is -0.0576. The number of allylic oxidation sites excluding steroid dienone is 1. The van der Waals surface area contributed by atoms with E-state index in [-0.39, 0.29) is 29.5 Å². The van der Waals surface area contributed by atoms with Crippen molar-refractivity contribution in [2.75, 3.05) is 23.3 Å². The number of nitrogens with two attached hydrogens (primary N) is 1. The maximum absolute atomic E-state index is 13.6. The number of morpholine rings is 1. The lowest BCUT2D eigenvalue weighted by Crippen LogP contribution is -2.45. The average molecular weight is 526 g/mol. The second-order valence-corrected chi connectivity index (χ2v) is 8.78. The van der Waals surface area contributed by atoms with Gasteiger partial charge in [0.15, 0.2) is 11.6 Å². The molecule has 1 saturated heterocycles. The van der Waals surface area contributed by atoms with Gasteiger partial charge in [0, 0.05) is 48.0 Å². The standard InChI is InChI=1S/C26H26F3N7O2/c1-16-14-36(15-17(2)38-16)20-7-3-5-18(11-20)25(37)33-24-9-8-23(34-35-24)32-22(26(27,28)29)12-21(30)19-6-4-10-31-13-19/h3-13,16-17H,14-15,30H2,1-2H3,(H,33,35,37). The van der Waals surface area contributed by atoms with E-state index in [1.54, 1.807) is 24.3 Å². The van der Waals surface area contributed by atoms with E-state index < -0.39 is 17.8 Å². The highest BCUT2D eigenvalue weighted by Crippen LogP contribution is 2.24. The van der Waals surface area contributed by atoms with Crippen molar-refractivity contribution in [3.63, 3.8) is 0 Å². The first-order valence-electron chi connectivity index (χ1n) is 11.8. The molecule has 2 atom stereocenters. The molecule has 0 radical (unpaired) electrons. The molecule has 0 bridgehead atoms. The van der Waals surface area contributed by atoms with Crippen LogP contribution in [0.1, 0.15) is 29.8 Å². The summed E-state index contributed by atoms with van der Waals surface area (Å²) in [6.45, 7) is 5.39. The summed E-state index contributed by atoms with van der Waals surface area (Å²) in [5.74, 6) is -0.676. The summed E-state index contributed by atoms with van der Waals surface area (Å²) in [6.07, 6.45) is -1.14. The van der Waals surface area contributed by atoms with E-state index in [0.717, 1.165) is 5.69 Å². The van der Waals surface area contributed by atoms with E-state index in [1.807, 2.05) is 19.9 Å². The minimum atomic E-state index is -4.79. The first kappa shape index (κ1) is 26.7. The number of aliphatic imine (C=N–C) groups is 1. The van der Waals surface area contributed by atoms with Crippen LogP contribution in [0.25, 0.3) is 5.70 Å². The molecule has 4 rings (SSSR count). The molecule has 1 aromatic carbocycles. The van der Waals surface area contributed by atoms with Crippen molar-refractivity contribution in [3.8, 4) is 0 Å². The van der Waals surface area contributed by atoms with Crippen LogP contribution in [0.3, 0.4) is 0 Å². The molecule has 0 spiro atoms. The fraction of sp³-hybridized carbons (Fsp3) is 0.269. The van der Waals surface area contributed by atoms with Gasteiger partial charge in [-0.2, -0.15) is 13.2 Å². The van der Waals surface area contributed by atoms with Gasteiger partial charge in [-0.1, -0.05) is 6.07 Å². The Hall–Kier alpha value is -4.32. The van der Waals surface area contributed by atoms with Crippen LogP contribution in [0.4, 0.5) is 30.5 Å². The van der Waals surface area contributed by atoms with Crippen LogP contribution in [0, 0.1) is 0 Å². The average Bonchev–Trinajstić information content (AvgIpc) is 2.89. The van der Waals surface area contributed by atoms with Gasteiger partial charge in [-0.15, -0.1) is 10.2 Å². The number of nitrogens with one attached hydrogen (secondary N) is 1. The third kappa shape index (κ3) is 6.91. The Labute approximate surface area is 217 Å². The summed E-state index contributed by atoms with van der Waals surface area (Å²) >= 11 is 0. The molecule has 1 fully saturated rings. The number of pyridine rings is 1. The van der Waals surface area contributed by atoms with Crippen LogP contribution < -0.4 is 16.0 Å². The normalized spacial score (nSPS) is 18.8. The number of nitrogens with zero attached hydrogens (tertiary/aromatic N) is 5. The number of hydrogen-bond acceptors (Lipinski definition) is 8. The molecule has 3 aromatic rings. The van der Waals surface area contributed by atoms with Crippen LogP contribution in [0.2, 0.25) is 0 Å². The zero-order valence-corrected chi connectivity index (χ0v) is 20.7. The van der Waals surface area contributed by atoms with E-state index in [4.69, 9.17) is 10.5 Å². The van der Waals surface area contributed by atoms with Gasteiger partial charge < -0.3 is 20.7 Å². The number of carbonyl (C=O) groups is 1. The fourth-order valence-electron chi connectivity index (χ4n) is 3.94. The van der Waals surface area contributed by atoms with Gasteiger partial charge >= 0.3 is 6.18 Å². The number of aromatic nitrogens is 3. The van der Waals surface area contributed by atoms with Gasteiger partial charge in [0.05, 0.1) is 12.2 Å². The van der Waals surface area contributed by atoms with Crippen molar-refractivity contribution < 1.29 is 22.7 Å². The number of anilines is 2. The lowest BCUT2D eigenvalue weighted by Gasteiger charge is -2.37. The van der Waals surface area contributed by atoms with E-state index in [9.17, 15) is 18.0 Å². The number of halogens is 3. The molecule has 38 heavy (non-hydrogen) atoms. The largest absolute Gasteiger partial charge is 0.433 e. The number of benzene rings is 1. The zero-order valence-electron chi connectivity index (χ0n) is 20.7. The molecule has 1 aliphatic rings. The van der Waals surface area contributed by atoms with E-state index in [2.05, 4.69) is 30.4 Å². The lowest BCUT2D eigenvalue weighted by atomic mass is 10.1. The minimum absolute atomic E-state index is 0.0620. The summed E-state index contributed by atoms with van der Waals surface area (Å²) in [6, 6.07) is 12.7. The third-order valence-electron chi connectivity index (χ3n) is 5.60. The molecule has 1 amide bonds. The summed E-state index contributed by atoms with van der Waals surface area (Å²) in [5, 5.41) is 10.1. The molecule has 9 nitrogen and oxygen atoms in total. The highest BCUT2D eigenvalue weighted by molar-refractivity contribution is 6.05. The molecule has 0 saturated carbocycles. The van der Waals surface area contributed by atoms with Gasteiger partial charge in [-0.25, -0.2) is 4.99 Å². The first-order chi connectivity index (χ1) is 18.1. The third-order valence-corrected chi connectivity index (χ3v) is 5.60. The van der Waals surface area contributed by atoms with Crippen LogP contribution in [-0.2, 0) is 4.74 Å². The highest BCUT2D eigenvalue weighted by Gasteiger charge is 2.35. The van der Waals surface area contributed by atoms with Crippen molar-refractivity contribution >= 4 is 34.6 Å². The molecule has 0 aliphatic carbocycles. The van der Waals surface area contributed by atoms with Crippen molar-refractivity contribution in [1.82, 2.24) is 15.2 Å². The number of carbonyl (C=O) groups excluding carboxylic acids is 1. The topological polar surface area (TPSA) is 119 Å². The number of ether oxygens (including phenoxy) is 1. The Kier molecular flexibility index (Phi) is 8.01. The SMILES string of the molecule is CC1CN(c2cccc(C(=O)Nc3ccc(N=C(C=C(N)c4cccnc4)C(F)(F)F)nn3)c2)CC(C)O1. The molecule has 3 N–H and O–H groups in total. The molecule has 1 aliphatic heterocycles. The fourth-order valence-corrected chi connectivity index (χ4v) is 3.94. The number of rotatable bonds is 6. The van der Waals surface area contributed by atoms with Gasteiger partial charge in [0.2, 0.25) is 0 Å². The van der Waals surface area contributed by atoms with Crippen molar-refractivity contribution in [1.29, 1.82) is 0 Å². The monoisotopic (exact) mass is 525 g/mol. The summed E-state index contributed by atoms with van der Waals surface area (Å²) in [4.78, 5) is 22.4. The Morgan fingerprint density at radius 3 is 2.47 bits per heavy atom. The maximum atomic E-state index is 13.6. The highest BCUT2D eigenvalue weighted by atomic mass is 19.4. The Morgan fingerprint density at radius 1 is 1.11 bits per heavy atom. The first-order valence-corrected chi connectivity index (χ1v) is 11.8. The van der Waals surface area contributed by atoms with E-state index in [0.29, 0.717) is 30.3 Å². The molecule has 2 aromatic heterocycles. The predicted molar refractivity (Wildman–Crippen MR) is 138 cm³/mol. The molecule has 2 unspecified atom stereocenters. The second-order valence-electron chi connectivity index (χ2n) is 8.78. The van der Waals surface area contributed by atoms with Crippen LogP contribution in [0.5, 0.6) is 0 Å². The molecule has 3 heterocycles. The number of amides is 1. The van der Waals surface area contributed by atoms with Crippen molar-refractivity contribution in [2.45, 2.75) is 32.2 Å². The van der Waals surface area contributed by atoms with Gasteiger partial charge in [-0.05, 0) is 62.4 Å². The maximum Gasteiger partial charge on any atom is 0.433 e. The van der Waals surface area contributed by atoms with Crippen molar-refractivity contribution in [3.05, 3.63) is 78.1 Å². The van der Waals surface area contributed by atoms with E-state index >= 15 is 0 Å². The minimum Gasteiger partial charge on any atom is -0.398 e.